The van der Waals surface area contributed by atoms with Gasteiger partial charge in [0.05, 0.1) is 32.5 Å². The Morgan fingerprint density at radius 1 is 1.16 bits per heavy atom. The van der Waals surface area contributed by atoms with E-state index in [-0.39, 0.29) is 36.9 Å². The molecule has 0 saturated carbocycles. The van der Waals surface area contributed by atoms with Crippen LogP contribution in [0.25, 0.3) is 0 Å². The molecule has 1 aliphatic carbocycles. The third-order valence-corrected chi connectivity index (χ3v) is 6.54. The fourth-order valence-corrected chi connectivity index (χ4v) is 5.12. The number of Topliss-reactive ketones (excluding diaryl/α,β-unsaturated/α-hetero) is 1. The summed E-state index contributed by atoms with van der Waals surface area (Å²) in [5, 5.41) is 14.3. The van der Waals surface area contributed by atoms with Gasteiger partial charge in [0.2, 0.25) is 6.79 Å². The van der Waals surface area contributed by atoms with E-state index in [4.69, 9.17) is 23.8 Å². The summed E-state index contributed by atoms with van der Waals surface area (Å²) in [6.07, 6.45) is 0.394. The van der Waals surface area contributed by atoms with Gasteiger partial charge in [-0.25, -0.2) is 0 Å². The lowest BCUT2D eigenvalue weighted by atomic mass is 9.64. The summed E-state index contributed by atoms with van der Waals surface area (Å²) in [6, 6.07) is 7.62. The van der Waals surface area contributed by atoms with Gasteiger partial charge in [-0.1, -0.05) is 12.1 Å². The SMILES string of the molecule is CCC(=O)[C@@H]1[C@H](c2cc(CO)c(OC)c(OC)c2)c2cc3c(cc2C2=NOC[C@H]21)OCO3. The smallest absolute Gasteiger partial charge is 0.231 e. The number of ketones is 1. The van der Waals surface area contributed by atoms with Gasteiger partial charge in [-0.05, 0) is 35.4 Å². The van der Waals surface area contributed by atoms with Crippen molar-refractivity contribution in [3.63, 3.8) is 0 Å². The predicted octanol–water partition coefficient (Wildman–Crippen LogP) is 3.02. The van der Waals surface area contributed by atoms with Crippen LogP contribution in [0.5, 0.6) is 23.0 Å². The summed E-state index contributed by atoms with van der Waals surface area (Å²) >= 11 is 0. The van der Waals surface area contributed by atoms with Gasteiger partial charge in [-0.3, -0.25) is 4.79 Å². The van der Waals surface area contributed by atoms with Crippen LogP contribution in [0.3, 0.4) is 0 Å². The Balaban J connectivity index is 1.77. The van der Waals surface area contributed by atoms with Crippen molar-refractivity contribution in [3.05, 3.63) is 46.5 Å². The number of oxime groups is 1. The minimum absolute atomic E-state index is 0.127. The molecule has 0 radical (unpaired) electrons. The molecule has 0 saturated heterocycles. The highest BCUT2D eigenvalue weighted by Gasteiger charge is 2.48. The second-order valence-electron chi connectivity index (χ2n) is 8.07. The van der Waals surface area contributed by atoms with Gasteiger partial charge in [0.15, 0.2) is 23.0 Å². The third-order valence-electron chi connectivity index (χ3n) is 6.54. The standard InChI is InChI=1S/C24H25NO7/c1-4-17(27)22-16-10-32-25-23(16)15-8-19-18(30-11-31-19)7-14(15)21(22)12-5-13(9-26)24(29-3)20(6-12)28-2/h5-8,16,21-22,26H,4,9-11H2,1-3H3/t16-,21+,22+/m0/s1. The molecule has 2 aromatic rings. The van der Waals surface area contributed by atoms with Crippen LogP contribution in [0.2, 0.25) is 0 Å². The zero-order valence-electron chi connectivity index (χ0n) is 18.2. The van der Waals surface area contributed by atoms with E-state index in [0.29, 0.717) is 41.6 Å². The summed E-state index contributed by atoms with van der Waals surface area (Å²) in [4.78, 5) is 18.8. The topological polar surface area (TPSA) is 95.8 Å². The fraction of sp³-hybridized carbons (Fsp3) is 0.417. The van der Waals surface area contributed by atoms with Crippen molar-refractivity contribution in [1.82, 2.24) is 0 Å². The molecule has 3 aliphatic rings. The number of benzene rings is 2. The van der Waals surface area contributed by atoms with E-state index < -0.39 is 0 Å². The van der Waals surface area contributed by atoms with Gasteiger partial charge >= 0.3 is 0 Å². The molecule has 0 amide bonds. The number of aliphatic hydroxyl groups excluding tert-OH is 1. The van der Waals surface area contributed by atoms with Crippen LogP contribution in [0.15, 0.2) is 29.4 Å². The number of aliphatic hydroxyl groups is 1. The highest BCUT2D eigenvalue weighted by molar-refractivity contribution is 6.09. The van der Waals surface area contributed by atoms with Gasteiger partial charge < -0.3 is 28.9 Å². The van der Waals surface area contributed by atoms with Crippen molar-refractivity contribution >= 4 is 11.5 Å². The molecule has 0 aromatic heterocycles. The molecule has 168 valence electrons. The lowest BCUT2D eigenvalue weighted by molar-refractivity contribution is -0.124. The number of rotatable bonds is 6. The monoisotopic (exact) mass is 439 g/mol. The van der Waals surface area contributed by atoms with E-state index in [1.165, 1.54) is 7.11 Å². The highest BCUT2D eigenvalue weighted by atomic mass is 16.7. The summed E-state index contributed by atoms with van der Waals surface area (Å²) in [5.41, 5.74) is 4.02. The summed E-state index contributed by atoms with van der Waals surface area (Å²) < 4.78 is 22.3. The average Bonchev–Trinajstić information content (AvgIpc) is 3.49. The molecule has 0 bridgehead atoms. The first kappa shape index (κ1) is 20.6. The molecule has 2 aromatic carbocycles. The minimum Gasteiger partial charge on any atom is -0.493 e. The Morgan fingerprint density at radius 2 is 1.94 bits per heavy atom. The van der Waals surface area contributed by atoms with Crippen LogP contribution in [-0.2, 0) is 16.2 Å². The zero-order valence-corrected chi connectivity index (χ0v) is 18.2. The molecule has 3 atom stereocenters. The third kappa shape index (κ3) is 3.01. The molecule has 8 nitrogen and oxygen atoms in total. The molecule has 32 heavy (non-hydrogen) atoms. The van der Waals surface area contributed by atoms with Gasteiger partial charge in [-0.2, -0.15) is 0 Å². The van der Waals surface area contributed by atoms with Crippen LogP contribution in [0.1, 0.15) is 41.5 Å². The number of nitrogens with zero attached hydrogens (tertiary/aromatic N) is 1. The molecular formula is C24H25NO7. The zero-order chi connectivity index (χ0) is 22.4. The molecule has 0 fully saturated rings. The number of hydrogen-bond donors (Lipinski definition) is 1. The van der Waals surface area contributed by atoms with Gasteiger partial charge in [0.1, 0.15) is 12.4 Å². The number of methoxy groups -OCH3 is 2. The van der Waals surface area contributed by atoms with Gasteiger partial charge in [-0.15, -0.1) is 0 Å². The molecule has 0 unspecified atom stereocenters. The van der Waals surface area contributed by atoms with Gasteiger partial charge in [0, 0.05) is 29.4 Å². The largest absolute Gasteiger partial charge is 0.493 e. The molecule has 1 N–H and O–H groups in total. The predicted molar refractivity (Wildman–Crippen MR) is 115 cm³/mol. The van der Waals surface area contributed by atoms with E-state index >= 15 is 0 Å². The molecule has 2 heterocycles. The van der Waals surface area contributed by atoms with Crippen molar-refractivity contribution in [2.24, 2.45) is 17.0 Å². The quantitative estimate of drug-likeness (QED) is 0.739. The first-order valence-electron chi connectivity index (χ1n) is 10.6. The van der Waals surface area contributed by atoms with E-state index in [1.54, 1.807) is 7.11 Å². The van der Waals surface area contributed by atoms with Crippen LogP contribution in [-0.4, -0.2) is 44.2 Å². The van der Waals surface area contributed by atoms with E-state index in [2.05, 4.69) is 5.16 Å². The van der Waals surface area contributed by atoms with E-state index in [9.17, 15) is 9.90 Å². The van der Waals surface area contributed by atoms with Crippen molar-refractivity contribution in [3.8, 4) is 23.0 Å². The highest BCUT2D eigenvalue weighted by Crippen LogP contribution is 2.51. The maximum absolute atomic E-state index is 13.3. The Morgan fingerprint density at radius 3 is 2.62 bits per heavy atom. The molecule has 5 rings (SSSR count). The Hall–Kier alpha value is -3.26. The summed E-state index contributed by atoms with van der Waals surface area (Å²) in [5.74, 6) is 1.54. The molecular weight excluding hydrogens is 414 g/mol. The normalized spacial score (nSPS) is 22.5. The molecule has 8 heteroatoms. The van der Waals surface area contributed by atoms with Crippen LogP contribution in [0, 0.1) is 11.8 Å². The van der Waals surface area contributed by atoms with Crippen molar-refractivity contribution in [2.75, 3.05) is 27.6 Å². The second-order valence-corrected chi connectivity index (χ2v) is 8.07. The van der Waals surface area contributed by atoms with Crippen LogP contribution >= 0.6 is 0 Å². The maximum Gasteiger partial charge on any atom is 0.231 e. The Kier molecular flexibility index (Phi) is 5.17. The van der Waals surface area contributed by atoms with E-state index in [0.717, 1.165) is 22.4 Å². The molecule has 2 aliphatic heterocycles. The van der Waals surface area contributed by atoms with E-state index in [1.807, 2.05) is 31.2 Å². The Labute approximate surface area is 185 Å². The summed E-state index contributed by atoms with van der Waals surface area (Å²) in [6.45, 7) is 2.14. The minimum atomic E-state index is -0.376. The lowest BCUT2D eigenvalue weighted by Gasteiger charge is -2.37. The lowest BCUT2D eigenvalue weighted by Crippen LogP contribution is -2.40. The maximum atomic E-state index is 13.3. The average molecular weight is 439 g/mol. The first-order valence-corrected chi connectivity index (χ1v) is 10.6. The van der Waals surface area contributed by atoms with Crippen molar-refractivity contribution in [2.45, 2.75) is 25.9 Å². The van der Waals surface area contributed by atoms with Gasteiger partial charge in [0.25, 0.3) is 0 Å². The van der Waals surface area contributed by atoms with Crippen LogP contribution < -0.4 is 18.9 Å². The Bertz CT molecular complexity index is 1080. The summed E-state index contributed by atoms with van der Waals surface area (Å²) in [7, 11) is 3.09. The van der Waals surface area contributed by atoms with Crippen molar-refractivity contribution in [1.29, 1.82) is 0 Å². The number of hydrogen-bond acceptors (Lipinski definition) is 8. The number of fused-ring (bicyclic) bond motifs is 4. The second kappa shape index (κ2) is 8.02. The number of ether oxygens (including phenoxy) is 4. The first-order chi connectivity index (χ1) is 15.6. The molecule has 0 spiro atoms. The van der Waals surface area contributed by atoms with Crippen molar-refractivity contribution < 1.29 is 33.7 Å². The number of carbonyl (C=O) groups excluding carboxylic acids is 1. The van der Waals surface area contributed by atoms with Crippen LogP contribution in [0.4, 0.5) is 0 Å². The fourth-order valence-electron chi connectivity index (χ4n) is 5.12. The number of carbonyl (C=O) groups is 1.